The molecule has 0 saturated heterocycles. The van der Waals surface area contributed by atoms with Crippen LogP contribution in [0.25, 0.3) is 0 Å². The molecule has 0 aliphatic carbocycles. The molecule has 1 aromatic heterocycles. The predicted octanol–water partition coefficient (Wildman–Crippen LogP) is 3.08. The summed E-state index contributed by atoms with van der Waals surface area (Å²) < 4.78 is 12.4. The Bertz CT molecular complexity index is 1170. The molecular formula is C23H24N4O5. The fourth-order valence-electron chi connectivity index (χ4n) is 2.90. The van der Waals surface area contributed by atoms with Gasteiger partial charge in [-0.25, -0.2) is 4.68 Å². The van der Waals surface area contributed by atoms with E-state index in [0.29, 0.717) is 41.7 Å². The Morgan fingerprint density at radius 3 is 1.97 bits per heavy atom. The number of anilines is 2. The second-order valence-corrected chi connectivity index (χ2v) is 6.67. The summed E-state index contributed by atoms with van der Waals surface area (Å²) in [5.41, 5.74) is 0.977. The summed E-state index contributed by atoms with van der Waals surface area (Å²) >= 11 is 0. The van der Waals surface area contributed by atoms with Crippen LogP contribution in [0.2, 0.25) is 0 Å². The fraction of sp³-hybridized carbons (Fsp3) is 0.217. The van der Waals surface area contributed by atoms with Gasteiger partial charge in [0.25, 0.3) is 17.4 Å². The highest BCUT2D eigenvalue weighted by Gasteiger charge is 2.18. The number of aromatic nitrogens is 2. The van der Waals surface area contributed by atoms with E-state index in [1.807, 2.05) is 13.0 Å². The first kappa shape index (κ1) is 22.5. The molecule has 9 heteroatoms. The molecule has 9 nitrogen and oxygen atoms in total. The lowest BCUT2D eigenvalue weighted by molar-refractivity contribution is 0.101. The average Bonchev–Trinajstić information content (AvgIpc) is 2.79. The van der Waals surface area contributed by atoms with E-state index in [4.69, 9.17) is 9.47 Å². The molecule has 166 valence electrons. The number of carbonyl (C=O) groups is 2. The van der Waals surface area contributed by atoms with Crippen molar-refractivity contribution < 1.29 is 19.1 Å². The summed E-state index contributed by atoms with van der Waals surface area (Å²) in [6.07, 6.45) is 0. The van der Waals surface area contributed by atoms with Crippen LogP contribution in [-0.2, 0) is 7.05 Å². The van der Waals surface area contributed by atoms with Crippen molar-refractivity contribution >= 4 is 23.2 Å². The minimum Gasteiger partial charge on any atom is -0.492 e. The topological polar surface area (TPSA) is 112 Å². The molecule has 1 heterocycles. The first-order chi connectivity index (χ1) is 15.4. The van der Waals surface area contributed by atoms with Crippen LogP contribution in [0.5, 0.6) is 11.5 Å². The lowest BCUT2D eigenvalue weighted by atomic mass is 10.2. The van der Waals surface area contributed by atoms with Crippen LogP contribution < -0.4 is 25.7 Å². The van der Waals surface area contributed by atoms with Crippen molar-refractivity contribution in [3.05, 3.63) is 76.2 Å². The van der Waals surface area contributed by atoms with E-state index in [1.54, 1.807) is 43.3 Å². The van der Waals surface area contributed by atoms with Crippen molar-refractivity contribution in [3.8, 4) is 11.5 Å². The molecule has 0 unspecified atom stereocenters. The molecule has 0 saturated carbocycles. The number of hydrogen-bond acceptors (Lipinski definition) is 6. The van der Waals surface area contributed by atoms with Gasteiger partial charge in [-0.1, -0.05) is 18.2 Å². The van der Waals surface area contributed by atoms with E-state index in [-0.39, 0.29) is 17.2 Å². The summed E-state index contributed by atoms with van der Waals surface area (Å²) in [6, 6.07) is 14.6. The van der Waals surface area contributed by atoms with E-state index in [2.05, 4.69) is 15.7 Å². The number of rotatable bonds is 8. The van der Waals surface area contributed by atoms with Gasteiger partial charge >= 0.3 is 0 Å². The lowest BCUT2D eigenvalue weighted by Crippen LogP contribution is -2.23. The summed E-state index contributed by atoms with van der Waals surface area (Å²) in [5.74, 6) is -0.119. The Hall–Kier alpha value is -4.14. The third-order valence-corrected chi connectivity index (χ3v) is 4.41. The van der Waals surface area contributed by atoms with Crippen LogP contribution in [-0.4, -0.2) is 34.8 Å². The van der Waals surface area contributed by atoms with Gasteiger partial charge in [-0.05, 0) is 32.0 Å². The molecule has 2 amide bonds. The van der Waals surface area contributed by atoms with Gasteiger partial charge in [0.1, 0.15) is 17.2 Å². The number of nitrogens with one attached hydrogen (secondary N) is 2. The fourth-order valence-corrected chi connectivity index (χ4v) is 2.90. The van der Waals surface area contributed by atoms with Crippen molar-refractivity contribution in [3.63, 3.8) is 0 Å². The number of amides is 2. The van der Waals surface area contributed by atoms with Crippen LogP contribution in [0.4, 0.5) is 11.4 Å². The molecule has 0 aliphatic rings. The van der Waals surface area contributed by atoms with Gasteiger partial charge in [0, 0.05) is 30.8 Å². The van der Waals surface area contributed by atoms with Crippen molar-refractivity contribution in [2.75, 3.05) is 23.8 Å². The third-order valence-electron chi connectivity index (χ3n) is 4.41. The minimum absolute atomic E-state index is 0.0639. The molecule has 0 radical (unpaired) electrons. The maximum atomic E-state index is 12.7. The Morgan fingerprint density at radius 2 is 1.44 bits per heavy atom. The van der Waals surface area contributed by atoms with Gasteiger partial charge in [0.05, 0.1) is 24.6 Å². The van der Waals surface area contributed by atoms with Gasteiger partial charge < -0.3 is 20.1 Å². The molecular weight excluding hydrogens is 412 g/mol. The van der Waals surface area contributed by atoms with Crippen molar-refractivity contribution in [2.45, 2.75) is 13.8 Å². The highest BCUT2D eigenvalue weighted by atomic mass is 16.5. The van der Waals surface area contributed by atoms with Crippen LogP contribution >= 0.6 is 0 Å². The minimum atomic E-state index is -0.523. The van der Waals surface area contributed by atoms with E-state index < -0.39 is 5.91 Å². The Balaban J connectivity index is 1.94. The lowest BCUT2D eigenvalue weighted by Gasteiger charge is -2.18. The van der Waals surface area contributed by atoms with Gasteiger partial charge in [-0.3, -0.25) is 14.4 Å². The molecule has 3 rings (SSSR count). The molecule has 0 fully saturated rings. The normalized spacial score (nSPS) is 10.3. The summed E-state index contributed by atoms with van der Waals surface area (Å²) in [5, 5.41) is 9.52. The first-order valence-electron chi connectivity index (χ1n) is 10.1. The van der Waals surface area contributed by atoms with Crippen molar-refractivity contribution in [2.24, 2.45) is 7.05 Å². The molecule has 2 N–H and O–H groups in total. The molecule has 3 aromatic rings. The van der Waals surface area contributed by atoms with E-state index >= 15 is 0 Å². The van der Waals surface area contributed by atoms with Crippen LogP contribution in [0.3, 0.4) is 0 Å². The smallest absolute Gasteiger partial charge is 0.276 e. The molecule has 0 bridgehead atoms. The third kappa shape index (κ3) is 5.31. The first-order valence-corrected chi connectivity index (χ1v) is 10.1. The maximum Gasteiger partial charge on any atom is 0.276 e. The largest absolute Gasteiger partial charge is 0.492 e. The highest BCUT2D eigenvalue weighted by Crippen LogP contribution is 2.37. The van der Waals surface area contributed by atoms with Crippen LogP contribution in [0.1, 0.15) is 34.7 Å². The number of carbonyl (C=O) groups excluding carboxylic acids is 2. The van der Waals surface area contributed by atoms with Gasteiger partial charge in [-0.15, -0.1) is 0 Å². The number of benzene rings is 2. The molecule has 2 aromatic carbocycles. The highest BCUT2D eigenvalue weighted by molar-refractivity contribution is 6.06. The zero-order chi connectivity index (χ0) is 23.1. The molecule has 0 atom stereocenters. The number of nitrogens with zero attached hydrogens (tertiary/aromatic N) is 2. The van der Waals surface area contributed by atoms with Crippen molar-refractivity contribution in [1.82, 2.24) is 9.78 Å². The maximum absolute atomic E-state index is 12.7. The number of aryl methyl sites for hydroxylation is 1. The van der Waals surface area contributed by atoms with Gasteiger partial charge in [-0.2, -0.15) is 5.10 Å². The van der Waals surface area contributed by atoms with Crippen molar-refractivity contribution in [1.29, 1.82) is 0 Å². The second-order valence-electron chi connectivity index (χ2n) is 6.67. The Morgan fingerprint density at radius 1 is 0.875 bits per heavy atom. The second kappa shape index (κ2) is 10.3. The van der Waals surface area contributed by atoms with Gasteiger partial charge in [0.2, 0.25) is 0 Å². The summed E-state index contributed by atoms with van der Waals surface area (Å²) in [7, 11) is 1.46. The quantitative estimate of drug-likeness (QED) is 0.561. The van der Waals surface area contributed by atoms with E-state index in [1.165, 1.54) is 19.2 Å². The molecule has 0 aliphatic heterocycles. The van der Waals surface area contributed by atoms with Gasteiger partial charge in [0.15, 0.2) is 0 Å². The predicted molar refractivity (Wildman–Crippen MR) is 121 cm³/mol. The Labute approximate surface area is 185 Å². The summed E-state index contributed by atoms with van der Waals surface area (Å²) in [6.45, 7) is 4.30. The zero-order valence-electron chi connectivity index (χ0n) is 18.0. The SMILES string of the molecule is CCOc1cc(NC(=O)c2ccc(=O)n(C)n2)c(OCC)cc1NC(=O)c1ccccc1. The monoisotopic (exact) mass is 436 g/mol. The van der Waals surface area contributed by atoms with E-state index in [9.17, 15) is 14.4 Å². The van der Waals surface area contributed by atoms with Crippen LogP contribution in [0.15, 0.2) is 59.4 Å². The summed E-state index contributed by atoms with van der Waals surface area (Å²) in [4.78, 5) is 36.9. The zero-order valence-corrected chi connectivity index (χ0v) is 18.0. The average molecular weight is 436 g/mol. The number of ether oxygens (including phenoxy) is 2. The van der Waals surface area contributed by atoms with Crippen LogP contribution in [0, 0.1) is 0 Å². The Kier molecular flexibility index (Phi) is 7.22. The number of hydrogen-bond donors (Lipinski definition) is 2. The molecule has 0 spiro atoms. The van der Waals surface area contributed by atoms with E-state index in [0.717, 1.165) is 4.68 Å². The standard InChI is InChI=1S/C23H24N4O5/c1-4-31-19-14-18(25-23(30)16-11-12-21(28)27(3)26-16)20(32-5-2)13-17(19)24-22(29)15-9-7-6-8-10-15/h6-14H,4-5H2,1-3H3,(H,24,29)(H,25,30). The molecule has 32 heavy (non-hydrogen) atoms.